The van der Waals surface area contributed by atoms with Crippen LogP contribution in [0.3, 0.4) is 0 Å². The largest absolute Gasteiger partial charge is 0.343 e. The Kier molecular flexibility index (Phi) is 5.03. The fraction of sp³-hybridized carbons (Fsp3) is 0.769. The van der Waals surface area contributed by atoms with Gasteiger partial charge in [0.2, 0.25) is 21.8 Å². The highest BCUT2D eigenvalue weighted by molar-refractivity contribution is 7.88. The third-order valence-electron chi connectivity index (χ3n) is 3.01. The maximum atomic E-state index is 12.0. The van der Waals surface area contributed by atoms with Crippen molar-refractivity contribution in [3.8, 4) is 0 Å². The lowest BCUT2D eigenvalue weighted by molar-refractivity contribution is -0.122. The molecular formula is C13H24N4O4S. The van der Waals surface area contributed by atoms with Gasteiger partial charge in [-0.2, -0.15) is 9.29 Å². The highest BCUT2D eigenvalue weighted by Gasteiger charge is 2.32. The van der Waals surface area contributed by atoms with Crippen molar-refractivity contribution in [2.75, 3.05) is 19.8 Å². The van der Waals surface area contributed by atoms with Gasteiger partial charge in [0.25, 0.3) is 0 Å². The number of hydrogen-bond acceptors (Lipinski definition) is 6. The maximum Gasteiger partial charge on any atom is 0.236 e. The van der Waals surface area contributed by atoms with E-state index in [9.17, 15) is 13.2 Å². The number of carbonyl (C=O) groups excluding carboxylic acids is 1. The van der Waals surface area contributed by atoms with Gasteiger partial charge in [0.1, 0.15) is 0 Å². The van der Waals surface area contributed by atoms with Gasteiger partial charge in [-0.25, -0.2) is 8.42 Å². The first-order chi connectivity index (χ1) is 9.73. The van der Waals surface area contributed by atoms with Crippen molar-refractivity contribution in [2.45, 2.75) is 45.6 Å². The van der Waals surface area contributed by atoms with Gasteiger partial charge in [0, 0.05) is 12.5 Å². The van der Waals surface area contributed by atoms with Crippen LogP contribution in [0.25, 0.3) is 0 Å². The summed E-state index contributed by atoms with van der Waals surface area (Å²) in [6.45, 7) is 9.00. The molecule has 0 aromatic carbocycles. The quantitative estimate of drug-likeness (QED) is 0.847. The summed E-state index contributed by atoms with van der Waals surface area (Å²) in [5.41, 5.74) is -1.16. The molecule has 22 heavy (non-hydrogen) atoms. The first-order valence-electron chi connectivity index (χ1n) is 6.80. The van der Waals surface area contributed by atoms with Gasteiger partial charge < -0.3 is 9.84 Å². The summed E-state index contributed by atoms with van der Waals surface area (Å²) in [6.07, 6.45) is 1.04. The van der Waals surface area contributed by atoms with E-state index in [1.54, 1.807) is 13.8 Å². The molecule has 1 aromatic heterocycles. The van der Waals surface area contributed by atoms with E-state index in [2.05, 4.69) is 15.5 Å². The van der Waals surface area contributed by atoms with Crippen molar-refractivity contribution < 1.29 is 17.7 Å². The molecule has 8 nitrogen and oxygen atoms in total. The van der Waals surface area contributed by atoms with Gasteiger partial charge in [-0.3, -0.25) is 4.79 Å². The molecule has 0 aliphatic carbocycles. The Labute approximate surface area is 131 Å². The van der Waals surface area contributed by atoms with Crippen LogP contribution >= 0.6 is 0 Å². The van der Waals surface area contributed by atoms with Gasteiger partial charge >= 0.3 is 0 Å². The second kappa shape index (κ2) is 5.96. The number of likely N-dealkylation sites (N-methyl/N-ethyl adjacent to an activating group) is 1. The molecule has 0 saturated carbocycles. The van der Waals surface area contributed by atoms with Gasteiger partial charge in [0.05, 0.1) is 18.3 Å². The molecule has 0 atom stereocenters. The average Bonchev–Trinajstić information content (AvgIpc) is 2.75. The molecule has 1 rings (SSSR count). The summed E-state index contributed by atoms with van der Waals surface area (Å²) in [5, 5.41) is 6.61. The minimum absolute atomic E-state index is 0.272. The van der Waals surface area contributed by atoms with E-state index in [4.69, 9.17) is 4.52 Å². The molecule has 126 valence electrons. The predicted octanol–water partition coefficient (Wildman–Crippen LogP) is 0.610. The standard InChI is InChI=1S/C13H24N4O4S/c1-12(2,3)11-14-10(16-21-11)13(4,5)15-9(18)8-17(6)22(7,19)20/h8H2,1-7H3,(H,15,18). The number of carbonyl (C=O) groups is 1. The first kappa shape index (κ1) is 18.6. The van der Waals surface area contributed by atoms with E-state index < -0.39 is 21.5 Å². The van der Waals surface area contributed by atoms with E-state index in [1.165, 1.54) is 7.05 Å². The van der Waals surface area contributed by atoms with Crippen LogP contribution in [-0.4, -0.2) is 48.6 Å². The maximum absolute atomic E-state index is 12.0. The average molecular weight is 332 g/mol. The molecule has 9 heteroatoms. The number of rotatable bonds is 5. The normalized spacial score (nSPS) is 13.5. The Balaban J connectivity index is 2.83. The van der Waals surface area contributed by atoms with Crippen molar-refractivity contribution in [1.29, 1.82) is 0 Å². The summed E-state index contributed by atoms with van der Waals surface area (Å²) >= 11 is 0. The fourth-order valence-electron chi connectivity index (χ4n) is 1.55. The minimum Gasteiger partial charge on any atom is -0.343 e. The molecule has 0 aliphatic heterocycles. The summed E-state index contributed by atoms with van der Waals surface area (Å²) < 4.78 is 28.8. The molecule has 0 unspecified atom stereocenters. The van der Waals surface area contributed by atoms with Crippen LogP contribution in [0.5, 0.6) is 0 Å². The summed E-state index contributed by atoms with van der Waals surface area (Å²) in [6, 6.07) is 0. The minimum atomic E-state index is -3.41. The van der Waals surface area contributed by atoms with Crippen molar-refractivity contribution >= 4 is 15.9 Å². The van der Waals surface area contributed by atoms with E-state index in [0.29, 0.717) is 11.7 Å². The van der Waals surface area contributed by atoms with Gasteiger partial charge in [-0.05, 0) is 13.8 Å². The summed E-state index contributed by atoms with van der Waals surface area (Å²) in [5.74, 6) is 0.367. The predicted molar refractivity (Wildman–Crippen MR) is 81.6 cm³/mol. The zero-order chi connectivity index (χ0) is 17.3. The molecular weight excluding hydrogens is 308 g/mol. The Morgan fingerprint density at radius 1 is 1.27 bits per heavy atom. The van der Waals surface area contributed by atoms with Crippen LogP contribution in [0.4, 0.5) is 0 Å². The lowest BCUT2D eigenvalue weighted by Gasteiger charge is -2.24. The van der Waals surface area contributed by atoms with Crippen LogP contribution < -0.4 is 5.32 Å². The molecule has 1 aromatic rings. The van der Waals surface area contributed by atoms with Crippen LogP contribution in [0.15, 0.2) is 4.52 Å². The van der Waals surface area contributed by atoms with Crippen LogP contribution in [0.2, 0.25) is 0 Å². The van der Waals surface area contributed by atoms with E-state index in [0.717, 1.165) is 10.6 Å². The van der Waals surface area contributed by atoms with Crippen molar-refractivity contribution in [3.05, 3.63) is 11.7 Å². The zero-order valence-corrected chi connectivity index (χ0v) is 14.9. The Morgan fingerprint density at radius 3 is 2.23 bits per heavy atom. The van der Waals surface area contributed by atoms with E-state index in [-0.39, 0.29) is 12.0 Å². The number of hydrogen-bond donors (Lipinski definition) is 1. The van der Waals surface area contributed by atoms with Gasteiger partial charge in [-0.1, -0.05) is 25.9 Å². The lowest BCUT2D eigenvalue weighted by atomic mass is 9.97. The molecule has 0 radical (unpaired) electrons. The second-order valence-electron chi connectivity index (χ2n) is 6.87. The molecule has 1 N–H and O–H groups in total. The smallest absolute Gasteiger partial charge is 0.236 e. The number of nitrogens with zero attached hydrogens (tertiary/aromatic N) is 3. The second-order valence-corrected chi connectivity index (χ2v) is 8.95. The lowest BCUT2D eigenvalue weighted by Crippen LogP contribution is -2.46. The van der Waals surface area contributed by atoms with Crippen molar-refractivity contribution in [2.24, 2.45) is 0 Å². The molecule has 0 spiro atoms. The molecule has 1 amide bonds. The number of nitrogens with one attached hydrogen (secondary N) is 1. The number of sulfonamides is 1. The summed E-state index contributed by atoms with van der Waals surface area (Å²) in [4.78, 5) is 16.3. The molecule has 0 fully saturated rings. The van der Waals surface area contributed by atoms with Crippen molar-refractivity contribution in [1.82, 2.24) is 19.8 Å². The molecule has 0 bridgehead atoms. The monoisotopic (exact) mass is 332 g/mol. The van der Waals surface area contributed by atoms with Crippen LogP contribution in [0, 0.1) is 0 Å². The van der Waals surface area contributed by atoms with Gasteiger partial charge in [0.15, 0.2) is 5.82 Å². The molecule has 0 aliphatic rings. The van der Waals surface area contributed by atoms with E-state index in [1.807, 2.05) is 20.8 Å². The third kappa shape index (κ3) is 4.77. The molecule has 0 saturated heterocycles. The topological polar surface area (TPSA) is 105 Å². The molecule has 1 heterocycles. The Morgan fingerprint density at radius 2 is 1.82 bits per heavy atom. The Hall–Kier alpha value is -1.48. The first-order valence-corrected chi connectivity index (χ1v) is 8.65. The zero-order valence-electron chi connectivity index (χ0n) is 14.1. The van der Waals surface area contributed by atoms with Crippen LogP contribution in [0.1, 0.15) is 46.3 Å². The SMILES string of the molecule is CN(CC(=O)NC(C)(C)c1noc(C(C)(C)C)n1)S(C)(=O)=O. The fourth-order valence-corrected chi connectivity index (χ4v) is 1.90. The third-order valence-corrected chi connectivity index (χ3v) is 4.27. The highest BCUT2D eigenvalue weighted by atomic mass is 32.2. The highest BCUT2D eigenvalue weighted by Crippen LogP contribution is 2.23. The number of aromatic nitrogens is 2. The summed E-state index contributed by atoms with van der Waals surface area (Å²) in [7, 11) is -2.07. The van der Waals surface area contributed by atoms with E-state index >= 15 is 0 Å². The van der Waals surface area contributed by atoms with Crippen molar-refractivity contribution in [3.63, 3.8) is 0 Å². The number of amides is 1. The van der Waals surface area contributed by atoms with Gasteiger partial charge in [-0.15, -0.1) is 0 Å². The van der Waals surface area contributed by atoms with Crippen LogP contribution in [-0.2, 0) is 25.8 Å². The Bertz CT molecular complexity index is 643.